The number of pyridine rings is 1. The second kappa shape index (κ2) is 6.79. The smallest absolute Gasteiger partial charge is 0.151 e. The van der Waals surface area contributed by atoms with E-state index in [1.54, 1.807) is 12.4 Å². The predicted molar refractivity (Wildman–Crippen MR) is 103 cm³/mol. The lowest BCUT2D eigenvalue weighted by Gasteiger charge is -2.21. The van der Waals surface area contributed by atoms with Crippen LogP contribution in [0.25, 0.3) is 22.3 Å². The minimum Gasteiger partial charge on any atom is -0.359 e. The number of aromatic nitrogens is 4. The highest BCUT2D eigenvalue weighted by atomic mass is 35.5. The van der Waals surface area contributed by atoms with Crippen LogP contribution in [-0.2, 0) is 6.54 Å². The van der Waals surface area contributed by atoms with Gasteiger partial charge in [-0.05, 0) is 49.7 Å². The summed E-state index contributed by atoms with van der Waals surface area (Å²) in [6.07, 6.45) is 5.72. The predicted octanol–water partition coefficient (Wildman–Crippen LogP) is 4.60. The number of aromatic amines is 1. The molecule has 1 N–H and O–H groups in total. The molecule has 4 heterocycles. The Morgan fingerprint density at radius 2 is 2.07 bits per heavy atom. The highest BCUT2D eigenvalue weighted by Gasteiger charge is 2.29. The van der Waals surface area contributed by atoms with Crippen LogP contribution in [0.3, 0.4) is 0 Å². The van der Waals surface area contributed by atoms with Gasteiger partial charge in [0.1, 0.15) is 11.5 Å². The minimum absolute atomic E-state index is 0.241. The van der Waals surface area contributed by atoms with E-state index in [0.717, 1.165) is 53.3 Å². The summed E-state index contributed by atoms with van der Waals surface area (Å²) in [6, 6.07) is 11.8. The van der Waals surface area contributed by atoms with Gasteiger partial charge in [-0.3, -0.25) is 9.88 Å². The van der Waals surface area contributed by atoms with Crippen molar-refractivity contribution in [3.8, 4) is 11.3 Å². The van der Waals surface area contributed by atoms with Crippen LogP contribution in [0.15, 0.2) is 53.3 Å². The molecule has 1 aromatic carbocycles. The SMILES string of the molecule is Clc1ccc2nc(C3CCCN3Cc3cc(-c4ccncc4)no3)[nH]c2c1. The Bertz CT molecular complexity index is 1070. The third-order valence-electron chi connectivity index (χ3n) is 5.04. The van der Waals surface area contributed by atoms with Crippen LogP contribution in [-0.4, -0.2) is 31.6 Å². The van der Waals surface area contributed by atoms with E-state index >= 15 is 0 Å². The number of nitrogens with zero attached hydrogens (tertiary/aromatic N) is 4. The first kappa shape index (κ1) is 16.5. The maximum Gasteiger partial charge on any atom is 0.151 e. The molecule has 1 aliphatic rings. The van der Waals surface area contributed by atoms with Gasteiger partial charge in [0.05, 0.1) is 23.6 Å². The second-order valence-corrected chi connectivity index (χ2v) is 7.26. The van der Waals surface area contributed by atoms with Crippen molar-refractivity contribution in [1.82, 2.24) is 25.0 Å². The van der Waals surface area contributed by atoms with Crippen LogP contribution in [0.1, 0.15) is 30.5 Å². The van der Waals surface area contributed by atoms with Crippen molar-refractivity contribution in [3.63, 3.8) is 0 Å². The van der Waals surface area contributed by atoms with Crippen molar-refractivity contribution in [2.24, 2.45) is 0 Å². The largest absolute Gasteiger partial charge is 0.359 e. The van der Waals surface area contributed by atoms with E-state index in [-0.39, 0.29) is 6.04 Å². The summed E-state index contributed by atoms with van der Waals surface area (Å²) in [5.41, 5.74) is 3.76. The van der Waals surface area contributed by atoms with Gasteiger partial charge in [0.15, 0.2) is 5.76 Å². The lowest BCUT2D eigenvalue weighted by molar-refractivity contribution is 0.211. The molecule has 7 heteroatoms. The molecular weight excluding hydrogens is 362 g/mol. The van der Waals surface area contributed by atoms with Crippen molar-refractivity contribution in [3.05, 3.63) is 65.4 Å². The van der Waals surface area contributed by atoms with Crippen molar-refractivity contribution in [1.29, 1.82) is 0 Å². The molecular formula is C20H18ClN5O. The number of nitrogens with one attached hydrogen (secondary N) is 1. The molecule has 1 atom stereocenters. The Morgan fingerprint density at radius 3 is 2.96 bits per heavy atom. The van der Waals surface area contributed by atoms with Gasteiger partial charge >= 0.3 is 0 Å². The second-order valence-electron chi connectivity index (χ2n) is 6.83. The van der Waals surface area contributed by atoms with Crippen molar-refractivity contribution in [2.75, 3.05) is 6.54 Å². The molecule has 3 aromatic heterocycles. The molecule has 0 bridgehead atoms. The molecule has 0 spiro atoms. The summed E-state index contributed by atoms with van der Waals surface area (Å²) in [4.78, 5) is 14.6. The van der Waals surface area contributed by atoms with E-state index in [4.69, 9.17) is 21.1 Å². The third kappa shape index (κ3) is 3.22. The number of likely N-dealkylation sites (tertiary alicyclic amines) is 1. The first-order chi connectivity index (χ1) is 13.3. The van der Waals surface area contributed by atoms with E-state index in [1.165, 1.54) is 0 Å². The quantitative estimate of drug-likeness (QED) is 0.561. The summed E-state index contributed by atoms with van der Waals surface area (Å²) in [6.45, 7) is 1.72. The van der Waals surface area contributed by atoms with Gasteiger partial charge in [0.2, 0.25) is 0 Å². The van der Waals surface area contributed by atoms with Gasteiger partial charge in [-0.2, -0.15) is 0 Å². The summed E-state index contributed by atoms with van der Waals surface area (Å²) < 4.78 is 5.58. The molecule has 1 unspecified atom stereocenters. The first-order valence-corrected chi connectivity index (χ1v) is 9.39. The summed E-state index contributed by atoms with van der Waals surface area (Å²) in [7, 11) is 0. The fourth-order valence-electron chi connectivity index (χ4n) is 3.73. The zero-order valence-electron chi connectivity index (χ0n) is 14.6. The molecule has 1 fully saturated rings. The molecule has 27 heavy (non-hydrogen) atoms. The molecule has 1 aliphatic heterocycles. The van der Waals surface area contributed by atoms with Crippen LogP contribution < -0.4 is 0 Å². The molecule has 136 valence electrons. The number of imidazole rings is 1. The van der Waals surface area contributed by atoms with E-state index in [9.17, 15) is 0 Å². The van der Waals surface area contributed by atoms with Gasteiger partial charge < -0.3 is 9.51 Å². The van der Waals surface area contributed by atoms with Crippen molar-refractivity contribution >= 4 is 22.6 Å². The van der Waals surface area contributed by atoms with Crippen LogP contribution in [0, 0.1) is 0 Å². The average Bonchev–Trinajstić information content (AvgIpc) is 3.41. The number of hydrogen-bond acceptors (Lipinski definition) is 5. The molecule has 1 saturated heterocycles. The number of H-pyrrole nitrogens is 1. The van der Waals surface area contributed by atoms with Crippen molar-refractivity contribution in [2.45, 2.75) is 25.4 Å². The highest BCUT2D eigenvalue weighted by molar-refractivity contribution is 6.31. The number of hydrogen-bond donors (Lipinski definition) is 1. The Morgan fingerprint density at radius 1 is 1.19 bits per heavy atom. The van der Waals surface area contributed by atoms with Gasteiger partial charge in [-0.1, -0.05) is 16.8 Å². The van der Waals surface area contributed by atoms with Gasteiger partial charge in [-0.15, -0.1) is 0 Å². The lowest BCUT2D eigenvalue weighted by atomic mass is 10.2. The topological polar surface area (TPSA) is 70.8 Å². The summed E-state index contributed by atoms with van der Waals surface area (Å²) >= 11 is 6.09. The summed E-state index contributed by atoms with van der Waals surface area (Å²) in [5, 5.41) is 4.92. The van der Waals surface area contributed by atoms with E-state index in [1.807, 2.05) is 36.4 Å². The van der Waals surface area contributed by atoms with E-state index in [0.29, 0.717) is 11.6 Å². The molecule has 5 rings (SSSR count). The minimum atomic E-state index is 0.241. The third-order valence-corrected chi connectivity index (χ3v) is 5.27. The van der Waals surface area contributed by atoms with Crippen LogP contribution >= 0.6 is 11.6 Å². The van der Waals surface area contributed by atoms with Crippen LogP contribution in [0.4, 0.5) is 0 Å². The van der Waals surface area contributed by atoms with Gasteiger partial charge in [0, 0.05) is 29.0 Å². The van der Waals surface area contributed by atoms with Gasteiger partial charge in [0.25, 0.3) is 0 Å². The van der Waals surface area contributed by atoms with E-state index in [2.05, 4.69) is 20.0 Å². The van der Waals surface area contributed by atoms with Gasteiger partial charge in [-0.25, -0.2) is 4.98 Å². The molecule has 0 aliphatic carbocycles. The number of benzene rings is 1. The maximum atomic E-state index is 6.09. The number of fused-ring (bicyclic) bond motifs is 1. The number of halogens is 1. The zero-order valence-corrected chi connectivity index (χ0v) is 15.4. The fraction of sp³-hybridized carbons (Fsp3) is 0.250. The Balaban J connectivity index is 1.37. The average molecular weight is 380 g/mol. The molecule has 0 amide bonds. The first-order valence-electron chi connectivity index (χ1n) is 9.01. The zero-order chi connectivity index (χ0) is 18.2. The monoisotopic (exact) mass is 379 g/mol. The molecule has 6 nitrogen and oxygen atoms in total. The fourth-order valence-corrected chi connectivity index (χ4v) is 3.90. The number of rotatable bonds is 4. The Hall–Kier alpha value is -2.70. The maximum absolute atomic E-state index is 6.09. The van der Waals surface area contributed by atoms with Crippen LogP contribution in [0.2, 0.25) is 5.02 Å². The highest BCUT2D eigenvalue weighted by Crippen LogP contribution is 2.33. The molecule has 0 radical (unpaired) electrons. The van der Waals surface area contributed by atoms with Crippen LogP contribution in [0.5, 0.6) is 0 Å². The summed E-state index contributed by atoms with van der Waals surface area (Å²) in [5.74, 6) is 1.84. The standard InChI is InChI=1S/C20H18ClN5O/c21-14-3-4-16-18(10-14)24-20(23-16)19-2-1-9-26(19)12-15-11-17(25-27-15)13-5-7-22-8-6-13/h3-8,10-11,19H,1-2,9,12H2,(H,23,24). The van der Waals surface area contributed by atoms with Crippen molar-refractivity contribution < 1.29 is 4.52 Å². The Labute approximate surface area is 161 Å². The molecule has 0 saturated carbocycles. The molecule has 4 aromatic rings. The normalized spacial score (nSPS) is 17.7. The Kier molecular flexibility index (Phi) is 4.14. The van der Waals surface area contributed by atoms with E-state index < -0.39 is 0 Å². The lowest BCUT2D eigenvalue weighted by Crippen LogP contribution is -2.23.